The molecular weight excluding hydrogens is 228 g/mol. The fourth-order valence-corrected chi connectivity index (χ4v) is 3.44. The van der Waals surface area contributed by atoms with Crippen LogP contribution in [0.1, 0.15) is 18.5 Å². The van der Waals surface area contributed by atoms with E-state index in [4.69, 9.17) is 5.73 Å². The number of benzene rings is 1. The van der Waals surface area contributed by atoms with Crippen molar-refractivity contribution >= 4 is 21.4 Å². The molecule has 2 atom stereocenters. The van der Waals surface area contributed by atoms with Crippen LogP contribution in [0.15, 0.2) is 29.6 Å². The maximum Gasteiger partial charge on any atom is 0.0394 e. The van der Waals surface area contributed by atoms with Crippen molar-refractivity contribution in [2.24, 2.45) is 11.7 Å². The van der Waals surface area contributed by atoms with Gasteiger partial charge in [0, 0.05) is 10.7 Å². The normalized spacial score (nSPS) is 15.4. The third kappa shape index (κ3) is 2.37. The fourth-order valence-electron chi connectivity index (χ4n) is 2.45. The van der Waals surface area contributed by atoms with Gasteiger partial charge in [0.05, 0.1) is 0 Å². The van der Waals surface area contributed by atoms with Gasteiger partial charge >= 0.3 is 0 Å². The van der Waals surface area contributed by atoms with Gasteiger partial charge in [-0.1, -0.05) is 25.1 Å². The summed E-state index contributed by atoms with van der Waals surface area (Å²) in [5.41, 5.74) is 7.25. The number of hydrogen-bond acceptors (Lipinski definition) is 3. The summed E-state index contributed by atoms with van der Waals surface area (Å²) in [5.74, 6) is 0.461. The van der Waals surface area contributed by atoms with Crippen LogP contribution in [-0.2, 0) is 0 Å². The van der Waals surface area contributed by atoms with E-state index in [1.54, 1.807) is 0 Å². The summed E-state index contributed by atoms with van der Waals surface area (Å²) < 4.78 is 1.36. The van der Waals surface area contributed by atoms with Crippen molar-refractivity contribution in [2.45, 2.75) is 13.0 Å². The summed E-state index contributed by atoms with van der Waals surface area (Å²) >= 11 is 1.82. The van der Waals surface area contributed by atoms with E-state index in [9.17, 15) is 0 Å². The third-order valence-electron chi connectivity index (χ3n) is 3.30. The lowest BCUT2D eigenvalue weighted by Crippen LogP contribution is -2.30. The molecule has 2 rings (SSSR count). The van der Waals surface area contributed by atoms with E-state index in [1.165, 1.54) is 15.6 Å². The number of hydrogen-bond donors (Lipinski definition) is 1. The Morgan fingerprint density at radius 2 is 2.00 bits per heavy atom. The van der Waals surface area contributed by atoms with E-state index < -0.39 is 0 Å². The van der Waals surface area contributed by atoms with E-state index in [1.807, 2.05) is 11.3 Å². The minimum atomic E-state index is 0.399. The zero-order valence-electron chi connectivity index (χ0n) is 10.7. The van der Waals surface area contributed by atoms with Crippen LogP contribution in [-0.4, -0.2) is 25.5 Å². The van der Waals surface area contributed by atoms with Crippen LogP contribution >= 0.6 is 11.3 Å². The van der Waals surface area contributed by atoms with Crippen LogP contribution < -0.4 is 5.73 Å². The Bertz CT molecular complexity index is 490. The molecule has 0 aliphatic rings. The van der Waals surface area contributed by atoms with Crippen molar-refractivity contribution < 1.29 is 0 Å². The monoisotopic (exact) mass is 248 g/mol. The molecule has 3 heteroatoms. The molecule has 2 unspecified atom stereocenters. The third-order valence-corrected chi connectivity index (χ3v) is 4.28. The van der Waals surface area contributed by atoms with E-state index in [0.29, 0.717) is 18.5 Å². The van der Waals surface area contributed by atoms with Crippen LogP contribution in [0.3, 0.4) is 0 Å². The number of rotatable bonds is 4. The molecule has 0 saturated carbocycles. The molecule has 0 aliphatic heterocycles. The van der Waals surface area contributed by atoms with Crippen LogP contribution in [0, 0.1) is 5.92 Å². The lowest BCUT2D eigenvalue weighted by Gasteiger charge is -2.29. The summed E-state index contributed by atoms with van der Waals surface area (Å²) in [6.45, 7) is 2.93. The second-order valence-corrected chi connectivity index (χ2v) is 5.72. The SMILES string of the molecule is CC(CN)C(c1csc2ccccc12)N(C)C. The molecule has 0 aliphatic carbocycles. The van der Waals surface area contributed by atoms with Gasteiger partial charge in [-0.2, -0.15) is 0 Å². The van der Waals surface area contributed by atoms with Gasteiger partial charge in [0.15, 0.2) is 0 Å². The van der Waals surface area contributed by atoms with Crippen molar-refractivity contribution in [1.82, 2.24) is 4.90 Å². The summed E-state index contributed by atoms with van der Waals surface area (Å²) in [4.78, 5) is 2.27. The van der Waals surface area contributed by atoms with Crippen LogP contribution in [0.4, 0.5) is 0 Å². The summed E-state index contributed by atoms with van der Waals surface area (Å²) in [5, 5.41) is 3.65. The molecule has 0 spiro atoms. The van der Waals surface area contributed by atoms with Gasteiger partial charge in [0.25, 0.3) is 0 Å². The minimum absolute atomic E-state index is 0.399. The molecule has 2 nitrogen and oxygen atoms in total. The Morgan fingerprint density at radius 3 is 2.65 bits per heavy atom. The van der Waals surface area contributed by atoms with Crippen LogP contribution in [0.5, 0.6) is 0 Å². The smallest absolute Gasteiger partial charge is 0.0394 e. The second kappa shape index (κ2) is 5.17. The number of thiophene rings is 1. The molecule has 0 fully saturated rings. The first kappa shape index (κ1) is 12.6. The number of nitrogens with zero attached hydrogens (tertiary/aromatic N) is 1. The van der Waals surface area contributed by atoms with Crippen molar-refractivity contribution in [1.29, 1.82) is 0 Å². The van der Waals surface area contributed by atoms with Gasteiger partial charge in [-0.25, -0.2) is 0 Å². The first-order valence-corrected chi connectivity index (χ1v) is 6.85. The zero-order valence-corrected chi connectivity index (χ0v) is 11.5. The van der Waals surface area contributed by atoms with Crippen molar-refractivity contribution in [2.75, 3.05) is 20.6 Å². The lowest BCUT2D eigenvalue weighted by molar-refractivity contribution is 0.229. The molecule has 1 aromatic heterocycles. The molecule has 92 valence electrons. The average molecular weight is 248 g/mol. The largest absolute Gasteiger partial charge is 0.330 e. The standard InChI is InChI=1S/C14H20N2S/c1-10(8-15)14(16(2)3)12-9-17-13-7-5-4-6-11(12)13/h4-7,9-10,14H,8,15H2,1-3H3. The van der Waals surface area contributed by atoms with E-state index in [-0.39, 0.29) is 0 Å². The van der Waals surface area contributed by atoms with Gasteiger partial charge in [0.1, 0.15) is 0 Å². The minimum Gasteiger partial charge on any atom is -0.330 e. The Kier molecular flexibility index (Phi) is 3.82. The molecule has 0 amide bonds. The highest BCUT2D eigenvalue weighted by molar-refractivity contribution is 7.17. The van der Waals surface area contributed by atoms with Crippen LogP contribution in [0.2, 0.25) is 0 Å². The molecule has 1 heterocycles. The first-order chi connectivity index (χ1) is 8.15. The highest BCUT2D eigenvalue weighted by Gasteiger charge is 2.23. The maximum atomic E-state index is 5.84. The number of nitrogens with two attached hydrogens (primary N) is 1. The Hall–Kier alpha value is -0.900. The second-order valence-electron chi connectivity index (χ2n) is 4.81. The molecule has 0 saturated heterocycles. The van der Waals surface area contributed by atoms with Gasteiger partial charge in [-0.15, -0.1) is 11.3 Å². The molecule has 0 radical (unpaired) electrons. The molecule has 1 aromatic carbocycles. The van der Waals surface area contributed by atoms with Gasteiger partial charge in [0.2, 0.25) is 0 Å². The lowest BCUT2D eigenvalue weighted by atomic mass is 9.93. The molecule has 0 bridgehead atoms. The zero-order chi connectivity index (χ0) is 12.4. The fraction of sp³-hybridized carbons (Fsp3) is 0.429. The van der Waals surface area contributed by atoms with Crippen molar-refractivity contribution in [3.8, 4) is 0 Å². The van der Waals surface area contributed by atoms with Crippen LogP contribution in [0.25, 0.3) is 10.1 Å². The molecule has 17 heavy (non-hydrogen) atoms. The molecule has 2 N–H and O–H groups in total. The predicted molar refractivity (Wildman–Crippen MR) is 76.5 cm³/mol. The van der Waals surface area contributed by atoms with Crippen molar-refractivity contribution in [3.05, 3.63) is 35.2 Å². The topological polar surface area (TPSA) is 29.3 Å². The Labute approximate surface area is 107 Å². The first-order valence-electron chi connectivity index (χ1n) is 5.97. The summed E-state index contributed by atoms with van der Waals surface area (Å²) in [6, 6.07) is 9.00. The predicted octanol–water partition coefficient (Wildman–Crippen LogP) is 3.10. The van der Waals surface area contributed by atoms with Gasteiger partial charge in [-0.05, 0) is 49.0 Å². The van der Waals surface area contributed by atoms with E-state index >= 15 is 0 Å². The maximum absolute atomic E-state index is 5.84. The highest BCUT2D eigenvalue weighted by Crippen LogP contribution is 2.35. The van der Waals surface area contributed by atoms with Gasteiger partial charge < -0.3 is 10.6 Å². The van der Waals surface area contributed by atoms with Crippen molar-refractivity contribution in [3.63, 3.8) is 0 Å². The van der Waals surface area contributed by atoms with E-state index in [0.717, 1.165) is 0 Å². The quantitative estimate of drug-likeness (QED) is 0.901. The highest BCUT2D eigenvalue weighted by atomic mass is 32.1. The van der Waals surface area contributed by atoms with E-state index in [2.05, 4.69) is 55.6 Å². The Morgan fingerprint density at radius 1 is 1.29 bits per heavy atom. The van der Waals surface area contributed by atoms with Gasteiger partial charge in [-0.3, -0.25) is 0 Å². The average Bonchev–Trinajstić information content (AvgIpc) is 2.73. The Balaban J connectivity index is 2.49. The summed E-state index contributed by atoms with van der Waals surface area (Å²) in [7, 11) is 4.26. The molecule has 2 aromatic rings. The number of fused-ring (bicyclic) bond motifs is 1. The summed E-state index contributed by atoms with van der Waals surface area (Å²) in [6.07, 6.45) is 0. The molecular formula is C14H20N2S.